The third-order valence-electron chi connectivity index (χ3n) is 9.60. The maximum Gasteiger partial charge on any atom is 0.326 e. The minimum atomic E-state index is -1.72. The SMILES string of the molecule is CC(C)C[C@H](NC(=O)[C@@H](N)CC(=O)O)C(=O)N[C@@H](Cc1cnc[nH]1)C(=O)N[C@H](C(=O)N[C@H](C(=O)N[C@@H](Cc1ccc(O)cc1)C(=O)N[C@@H](Cc1cnc[nH]1)C(=O)O)C(C)C)[C@@H](C)O. The van der Waals surface area contributed by atoms with Crippen LogP contribution in [0.4, 0.5) is 0 Å². The van der Waals surface area contributed by atoms with Crippen molar-refractivity contribution in [3.63, 3.8) is 0 Å². The topological polar surface area (TPSA) is 373 Å². The van der Waals surface area contributed by atoms with E-state index in [1.807, 2.05) is 0 Å². The fraction of sp³-hybridized carbons (Fsp3) is 0.500. The van der Waals surface area contributed by atoms with E-state index in [-0.39, 0.29) is 37.4 Å². The van der Waals surface area contributed by atoms with Gasteiger partial charge in [0, 0.05) is 43.0 Å². The van der Waals surface area contributed by atoms with Crippen LogP contribution in [0.3, 0.4) is 0 Å². The first-order valence-electron chi connectivity index (χ1n) is 20.1. The molecule has 344 valence electrons. The summed E-state index contributed by atoms with van der Waals surface area (Å²) >= 11 is 0. The number of carboxylic acid groups (broad SMARTS) is 2. The molecule has 63 heavy (non-hydrogen) atoms. The van der Waals surface area contributed by atoms with E-state index in [1.54, 1.807) is 27.7 Å². The zero-order valence-corrected chi connectivity index (χ0v) is 35.5. The van der Waals surface area contributed by atoms with Crippen molar-refractivity contribution < 1.29 is 58.8 Å². The number of H-pyrrole nitrogens is 2. The Morgan fingerprint density at radius 3 is 1.57 bits per heavy atom. The number of phenolic OH excluding ortho intramolecular Hbond substituents is 1. The number of carboxylic acids is 2. The number of carbonyl (C=O) groups excluding carboxylic acids is 6. The number of hydrogen-bond donors (Lipinski definition) is 13. The molecule has 6 amide bonds. The van der Waals surface area contributed by atoms with Crippen molar-refractivity contribution in [3.8, 4) is 5.75 Å². The zero-order valence-electron chi connectivity index (χ0n) is 35.5. The van der Waals surface area contributed by atoms with Crippen LogP contribution in [0.15, 0.2) is 49.3 Å². The summed E-state index contributed by atoms with van der Waals surface area (Å²) in [6, 6.07) is -4.41. The van der Waals surface area contributed by atoms with Gasteiger partial charge in [0.15, 0.2) is 0 Å². The molecule has 23 heteroatoms. The molecule has 3 rings (SSSR count). The normalized spacial score (nSPS) is 15.1. The Bertz CT molecular complexity index is 2010. The number of aromatic amines is 2. The minimum absolute atomic E-state index is 0.0642. The highest BCUT2D eigenvalue weighted by molar-refractivity contribution is 5.97. The molecule has 0 aliphatic rings. The van der Waals surface area contributed by atoms with Crippen LogP contribution in [0.5, 0.6) is 5.75 Å². The van der Waals surface area contributed by atoms with Crippen LogP contribution in [0, 0.1) is 11.8 Å². The third kappa shape index (κ3) is 16.5. The van der Waals surface area contributed by atoms with Crippen LogP contribution in [0.2, 0.25) is 0 Å². The lowest BCUT2D eigenvalue weighted by Gasteiger charge is -2.29. The Hall–Kier alpha value is -6.88. The van der Waals surface area contributed by atoms with Crippen molar-refractivity contribution >= 4 is 47.4 Å². The lowest BCUT2D eigenvalue weighted by molar-refractivity contribution is -0.142. The Morgan fingerprint density at radius 1 is 0.619 bits per heavy atom. The van der Waals surface area contributed by atoms with E-state index in [9.17, 15) is 53.7 Å². The molecule has 2 heterocycles. The molecule has 0 radical (unpaired) electrons. The first-order chi connectivity index (χ1) is 29.6. The second-order valence-corrected chi connectivity index (χ2v) is 15.8. The average Bonchev–Trinajstić information content (AvgIpc) is 3.92. The van der Waals surface area contributed by atoms with Gasteiger partial charge < -0.3 is 68.0 Å². The van der Waals surface area contributed by atoms with Gasteiger partial charge in [-0.05, 0) is 42.9 Å². The fourth-order valence-electron chi connectivity index (χ4n) is 6.22. The van der Waals surface area contributed by atoms with Gasteiger partial charge in [0.05, 0.1) is 31.2 Å². The molecule has 0 unspecified atom stereocenters. The number of phenols is 1. The highest BCUT2D eigenvalue weighted by Gasteiger charge is 2.36. The largest absolute Gasteiger partial charge is 0.508 e. The number of nitrogens with two attached hydrogens (primary N) is 1. The summed E-state index contributed by atoms with van der Waals surface area (Å²) in [6.07, 6.45) is 2.68. The lowest BCUT2D eigenvalue weighted by atomic mass is 9.99. The van der Waals surface area contributed by atoms with E-state index >= 15 is 0 Å². The van der Waals surface area contributed by atoms with Gasteiger partial charge in [-0.25, -0.2) is 14.8 Å². The van der Waals surface area contributed by atoms with Crippen molar-refractivity contribution in [1.82, 2.24) is 51.8 Å². The summed E-state index contributed by atoms with van der Waals surface area (Å²) in [6.45, 7) is 7.89. The summed E-state index contributed by atoms with van der Waals surface area (Å²) in [7, 11) is 0. The molecular formula is C40H57N11O12. The lowest BCUT2D eigenvalue weighted by Crippen LogP contribution is -2.62. The van der Waals surface area contributed by atoms with Crippen molar-refractivity contribution in [2.45, 2.75) is 115 Å². The summed E-state index contributed by atoms with van der Waals surface area (Å²) in [4.78, 5) is 118. The van der Waals surface area contributed by atoms with Gasteiger partial charge in [-0.2, -0.15) is 0 Å². The van der Waals surface area contributed by atoms with E-state index in [2.05, 4.69) is 51.8 Å². The molecule has 2 aromatic heterocycles. The van der Waals surface area contributed by atoms with Gasteiger partial charge in [-0.3, -0.25) is 33.6 Å². The molecule has 0 spiro atoms. The number of aliphatic carboxylic acids is 2. The molecular weight excluding hydrogens is 827 g/mol. The molecule has 0 bridgehead atoms. The van der Waals surface area contributed by atoms with Crippen molar-refractivity contribution in [1.29, 1.82) is 0 Å². The fourth-order valence-corrected chi connectivity index (χ4v) is 6.22. The van der Waals surface area contributed by atoms with Crippen LogP contribution in [0.25, 0.3) is 0 Å². The number of amides is 6. The number of carbonyl (C=O) groups is 8. The molecule has 0 fully saturated rings. The second-order valence-electron chi connectivity index (χ2n) is 15.8. The van der Waals surface area contributed by atoms with Crippen molar-refractivity contribution in [2.75, 3.05) is 0 Å². The van der Waals surface area contributed by atoms with E-state index in [0.29, 0.717) is 17.0 Å². The number of hydrogen-bond acceptors (Lipinski definition) is 13. The van der Waals surface area contributed by atoms with E-state index in [0.717, 1.165) is 0 Å². The molecule has 23 nitrogen and oxygen atoms in total. The smallest absolute Gasteiger partial charge is 0.326 e. The number of rotatable bonds is 25. The standard InChI is InChI=1S/C40H57N11O12/c1-19(2)10-27(46-34(56)26(41)14-31(54)55)35(57)47-29(12-23-15-42-17-44-23)37(59)51-33(21(5)52)39(61)50-32(20(3)4)38(60)48-28(11-22-6-8-25(53)9-7-22)36(58)49-30(40(62)63)13-24-16-43-18-45-24/h6-9,15-21,26-30,32-33,52-53H,10-14,41H2,1-5H3,(H,42,44)(H,43,45)(H,46,56)(H,47,57)(H,48,60)(H,49,58)(H,50,61)(H,51,59)(H,54,55)(H,62,63)/t21-,26+,27+,28+,29+,30+,32+,33+/m1/s1. The van der Waals surface area contributed by atoms with Crippen LogP contribution in [0.1, 0.15) is 64.4 Å². The molecule has 0 saturated carbocycles. The Kier molecular flexibility index (Phi) is 19.2. The number of imidazole rings is 2. The zero-order chi connectivity index (χ0) is 47.0. The van der Waals surface area contributed by atoms with Gasteiger partial charge in [0.2, 0.25) is 35.4 Å². The molecule has 14 N–H and O–H groups in total. The number of aliphatic hydroxyl groups excluding tert-OH is 1. The number of nitrogens with zero attached hydrogens (tertiary/aromatic N) is 2. The van der Waals surface area contributed by atoms with E-state index < -0.39 is 108 Å². The number of benzene rings is 1. The molecule has 0 aliphatic carbocycles. The van der Waals surface area contributed by atoms with Crippen LogP contribution in [-0.2, 0) is 57.6 Å². The number of aromatic hydroxyl groups is 1. The van der Waals surface area contributed by atoms with Crippen molar-refractivity contribution in [3.05, 3.63) is 66.3 Å². The molecule has 1 aromatic carbocycles. The second kappa shape index (κ2) is 23.9. The Labute approximate surface area is 362 Å². The maximum absolute atomic E-state index is 13.9. The molecule has 8 atom stereocenters. The number of aromatic nitrogens is 4. The third-order valence-corrected chi connectivity index (χ3v) is 9.60. The molecule has 0 aliphatic heterocycles. The summed E-state index contributed by atoms with van der Waals surface area (Å²) in [5.41, 5.74) is 6.98. The van der Waals surface area contributed by atoms with Crippen LogP contribution < -0.4 is 37.6 Å². The van der Waals surface area contributed by atoms with Crippen LogP contribution in [-0.4, -0.2) is 136 Å². The van der Waals surface area contributed by atoms with Crippen molar-refractivity contribution in [2.24, 2.45) is 17.6 Å². The molecule has 0 saturated heterocycles. The van der Waals surface area contributed by atoms with Gasteiger partial charge in [-0.1, -0.05) is 39.8 Å². The summed E-state index contributed by atoms with van der Waals surface area (Å²) < 4.78 is 0. The monoisotopic (exact) mass is 883 g/mol. The van der Waals surface area contributed by atoms with Crippen LogP contribution >= 0.6 is 0 Å². The minimum Gasteiger partial charge on any atom is -0.508 e. The first kappa shape index (κ1) is 50.5. The summed E-state index contributed by atoms with van der Waals surface area (Å²) in [5, 5.41) is 54.4. The van der Waals surface area contributed by atoms with E-state index in [1.165, 1.54) is 56.2 Å². The maximum atomic E-state index is 13.9. The summed E-state index contributed by atoms with van der Waals surface area (Å²) in [5.74, 6) is -9.08. The predicted molar refractivity (Wildman–Crippen MR) is 222 cm³/mol. The van der Waals surface area contributed by atoms with E-state index in [4.69, 9.17) is 10.8 Å². The molecule has 3 aromatic rings. The quantitative estimate of drug-likeness (QED) is 0.0427. The first-order valence-corrected chi connectivity index (χ1v) is 20.1. The highest BCUT2D eigenvalue weighted by Crippen LogP contribution is 2.14. The highest BCUT2D eigenvalue weighted by atomic mass is 16.4. The average molecular weight is 884 g/mol. The Morgan fingerprint density at radius 2 is 1.08 bits per heavy atom. The number of aliphatic hydroxyl groups is 1. The van der Waals surface area contributed by atoms with Gasteiger partial charge in [0.25, 0.3) is 0 Å². The van der Waals surface area contributed by atoms with Gasteiger partial charge in [0.1, 0.15) is 42.0 Å². The predicted octanol–water partition coefficient (Wildman–Crippen LogP) is -2.26. The number of nitrogens with one attached hydrogen (secondary N) is 8. The van der Waals surface area contributed by atoms with Gasteiger partial charge in [-0.15, -0.1) is 0 Å². The van der Waals surface area contributed by atoms with Gasteiger partial charge >= 0.3 is 11.9 Å². The Balaban J connectivity index is 1.84.